The zero-order valence-electron chi connectivity index (χ0n) is 7.13. The third-order valence-electron chi connectivity index (χ3n) is 3.32. The van der Waals surface area contributed by atoms with Crippen molar-refractivity contribution in [1.82, 2.24) is 0 Å². The minimum absolute atomic E-state index is 0.215. The van der Waals surface area contributed by atoms with Gasteiger partial charge in [0.1, 0.15) is 0 Å². The predicted molar refractivity (Wildman–Crippen MR) is 61.6 cm³/mol. The molecule has 2 atom stereocenters. The molecule has 1 saturated carbocycles. The van der Waals surface area contributed by atoms with E-state index in [4.69, 9.17) is 0 Å². The molecule has 0 aliphatic heterocycles. The Morgan fingerprint density at radius 3 is 2.85 bits per heavy atom. The Morgan fingerprint density at radius 2 is 2.00 bits per heavy atom. The number of rotatable bonds is 0. The van der Waals surface area contributed by atoms with Gasteiger partial charge in [0.15, 0.2) is 0 Å². The van der Waals surface area contributed by atoms with E-state index >= 15 is 0 Å². The first-order valence-corrected chi connectivity index (χ1v) is 6.25. The molecule has 1 aromatic carbocycles. The van der Waals surface area contributed by atoms with Gasteiger partial charge in [-0.15, -0.1) is 0 Å². The van der Waals surface area contributed by atoms with Crippen LogP contribution in [0.25, 0.3) is 0 Å². The van der Waals surface area contributed by atoms with E-state index in [0.29, 0.717) is 5.92 Å². The number of benzene rings is 1. The summed E-state index contributed by atoms with van der Waals surface area (Å²) in [5.74, 6) is 1.51. The van der Waals surface area contributed by atoms with Crippen LogP contribution in [0.4, 0.5) is 0 Å². The normalized spacial score (nSPS) is 33.4. The SMILES string of the molecule is BrC1(Br)C2CCc3ccccc3C21. The molecule has 0 bridgehead atoms. The third kappa shape index (κ3) is 1.08. The number of aryl methyl sites for hydroxylation is 1. The van der Waals surface area contributed by atoms with Gasteiger partial charge in [-0.05, 0) is 29.9 Å². The molecule has 0 spiro atoms. The molecule has 0 heterocycles. The summed E-state index contributed by atoms with van der Waals surface area (Å²) in [5.41, 5.74) is 3.09. The van der Waals surface area contributed by atoms with E-state index in [9.17, 15) is 0 Å². The highest BCUT2D eigenvalue weighted by Gasteiger charge is 2.63. The molecule has 3 rings (SSSR count). The molecule has 0 aromatic heterocycles. The first-order valence-electron chi connectivity index (χ1n) is 4.67. The van der Waals surface area contributed by atoms with Crippen molar-refractivity contribution in [3.63, 3.8) is 0 Å². The van der Waals surface area contributed by atoms with Crippen LogP contribution in [0.15, 0.2) is 24.3 Å². The lowest BCUT2D eigenvalue weighted by molar-refractivity contribution is 0.667. The van der Waals surface area contributed by atoms with Gasteiger partial charge in [0, 0.05) is 5.92 Å². The van der Waals surface area contributed by atoms with Crippen molar-refractivity contribution < 1.29 is 0 Å². The maximum absolute atomic E-state index is 3.77. The predicted octanol–water partition coefficient (Wildman–Crippen LogP) is 3.83. The van der Waals surface area contributed by atoms with Gasteiger partial charge in [0.05, 0.1) is 3.23 Å². The molecular formula is C11H10Br2. The number of halogens is 2. The van der Waals surface area contributed by atoms with Gasteiger partial charge in [-0.1, -0.05) is 56.1 Å². The zero-order valence-corrected chi connectivity index (χ0v) is 10.3. The maximum Gasteiger partial charge on any atom is 0.0911 e. The fraction of sp³-hybridized carbons (Fsp3) is 0.455. The second-order valence-electron chi connectivity index (χ2n) is 4.00. The van der Waals surface area contributed by atoms with Crippen LogP contribution in [0.3, 0.4) is 0 Å². The molecule has 0 amide bonds. The highest BCUT2D eigenvalue weighted by atomic mass is 79.9. The van der Waals surface area contributed by atoms with Crippen LogP contribution >= 0.6 is 31.9 Å². The number of alkyl halides is 2. The zero-order chi connectivity index (χ0) is 9.05. The Hall–Kier alpha value is 0.180. The minimum atomic E-state index is 0.215. The smallest absolute Gasteiger partial charge is 0.0717 e. The summed E-state index contributed by atoms with van der Waals surface area (Å²) in [6.07, 6.45) is 2.56. The fourth-order valence-corrected chi connectivity index (χ4v) is 4.40. The van der Waals surface area contributed by atoms with Gasteiger partial charge in [0.2, 0.25) is 0 Å². The lowest BCUT2D eigenvalue weighted by Gasteiger charge is -2.12. The van der Waals surface area contributed by atoms with E-state index in [1.165, 1.54) is 12.8 Å². The lowest BCUT2D eigenvalue weighted by Crippen LogP contribution is -2.00. The van der Waals surface area contributed by atoms with Crippen molar-refractivity contribution in [3.8, 4) is 0 Å². The molecule has 1 fully saturated rings. The summed E-state index contributed by atoms with van der Waals surface area (Å²) in [6.45, 7) is 0. The van der Waals surface area contributed by atoms with E-state index < -0.39 is 0 Å². The topological polar surface area (TPSA) is 0 Å². The molecule has 0 radical (unpaired) electrons. The van der Waals surface area contributed by atoms with Gasteiger partial charge in [-0.25, -0.2) is 0 Å². The van der Waals surface area contributed by atoms with E-state index in [1.807, 2.05) is 0 Å². The summed E-state index contributed by atoms with van der Waals surface area (Å²) in [7, 11) is 0. The largest absolute Gasteiger partial charge is 0.0911 e. The number of hydrogen-bond donors (Lipinski definition) is 0. The summed E-state index contributed by atoms with van der Waals surface area (Å²) in [4.78, 5) is 0. The Bertz CT molecular complexity index is 357. The molecule has 0 nitrogen and oxygen atoms in total. The Morgan fingerprint density at radius 1 is 1.23 bits per heavy atom. The second-order valence-corrected chi connectivity index (χ2v) is 7.68. The Labute approximate surface area is 95.0 Å². The van der Waals surface area contributed by atoms with Crippen LogP contribution in [0.1, 0.15) is 23.5 Å². The van der Waals surface area contributed by atoms with Gasteiger partial charge < -0.3 is 0 Å². The Kier molecular flexibility index (Phi) is 1.70. The monoisotopic (exact) mass is 300 g/mol. The molecule has 2 aliphatic rings. The fourth-order valence-electron chi connectivity index (χ4n) is 2.55. The average molecular weight is 302 g/mol. The third-order valence-corrected chi connectivity index (χ3v) is 5.48. The summed E-state index contributed by atoms with van der Waals surface area (Å²) < 4.78 is 0.215. The van der Waals surface area contributed by atoms with Crippen LogP contribution in [0.2, 0.25) is 0 Å². The van der Waals surface area contributed by atoms with Crippen molar-refractivity contribution in [1.29, 1.82) is 0 Å². The quantitative estimate of drug-likeness (QED) is 0.639. The van der Waals surface area contributed by atoms with Gasteiger partial charge in [-0.3, -0.25) is 0 Å². The number of fused-ring (bicyclic) bond motifs is 3. The molecule has 68 valence electrons. The highest BCUT2D eigenvalue weighted by molar-refractivity contribution is 9.25. The standard InChI is InChI=1S/C11H10Br2/c12-11(13)9-6-5-7-3-1-2-4-8(7)10(9)11/h1-4,9-10H,5-6H2. The van der Waals surface area contributed by atoms with Crippen molar-refractivity contribution in [2.24, 2.45) is 5.92 Å². The van der Waals surface area contributed by atoms with Crippen molar-refractivity contribution in [2.45, 2.75) is 22.0 Å². The van der Waals surface area contributed by atoms with Crippen molar-refractivity contribution in [3.05, 3.63) is 35.4 Å². The first kappa shape index (κ1) is 8.49. The van der Waals surface area contributed by atoms with E-state index in [1.54, 1.807) is 11.1 Å². The van der Waals surface area contributed by atoms with Gasteiger partial charge in [-0.2, -0.15) is 0 Å². The number of hydrogen-bond acceptors (Lipinski definition) is 0. The maximum atomic E-state index is 3.77. The molecule has 2 unspecified atom stereocenters. The highest BCUT2D eigenvalue weighted by Crippen LogP contribution is 2.70. The van der Waals surface area contributed by atoms with Crippen LogP contribution < -0.4 is 0 Å². The molecule has 0 saturated heterocycles. The molecule has 1 aromatic rings. The van der Waals surface area contributed by atoms with Gasteiger partial charge in [0.25, 0.3) is 0 Å². The molecule has 2 heteroatoms. The molecule has 2 aliphatic carbocycles. The van der Waals surface area contributed by atoms with E-state index in [2.05, 4.69) is 56.1 Å². The first-order chi connectivity index (χ1) is 6.21. The molecule has 0 N–H and O–H groups in total. The summed E-state index contributed by atoms with van der Waals surface area (Å²) in [6, 6.07) is 8.83. The van der Waals surface area contributed by atoms with E-state index in [-0.39, 0.29) is 3.23 Å². The van der Waals surface area contributed by atoms with Crippen molar-refractivity contribution in [2.75, 3.05) is 0 Å². The van der Waals surface area contributed by atoms with Crippen LogP contribution in [-0.2, 0) is 6.42 Å². The van der Waals surface area contributed by atoms with Crippen LogP contribution in [0, 0.1) is 5.92 Å². The van der Waals surface area contributed by atoms with Crippen LogP contribution in [-0.4, -0.2) is 3.23 Å². The summed E-state index contributed by atoms with van der Waals surface area (Å²) >= 11 is 7.53. The summed E-state index contributed by atoms with van der Waals surface area (Å²) in [5, 5.41) is 0. The lowest BCUT2D eigenvalue weighted by atomic mass is 9.92. The van der Waals surface area contributed by atoms with Crippen molar-refractivity contribution >= 4 is 31.9 Å². The minimum Gasteiger partial charge on any atom is -0.0717 e. The second kappa shape index (κ2) is 2.60. The molecular weight excluding hydrogens is 292 g/mol. The van der Waals surface area contributed by atoms with Crippen LogP contribution in [0.5, 0.6) is 0 Å². The van der Waals surface area contributed by atoms with Gasteiger partial charge >= 0.3 is 0 Å². The van der Waals surface area contributed by atoms with E-state index in [0.717, 1.165) is 5.92 Å². The Balaban J connectivity index is 2.10. The average Bonchev–Trinajstić information content (AvgIpc) is 2.70. The molecule has 13 heavy (non-hydrogen) atoms.